The average Bonchev–Trinajstić information content (AvgIpc) is 2.90. The predicted octanol–water partition coefficient (Wildman–Crippen LogP) is 5.53. The summed E-state index contributed by atoms with van der Waals surface area (Å²) in [6.07, 6.45) is 8.53. The molecule has 0 aliphatic heterocycles. The summed E-state index contributed by atoms with van der Waals surface area (Å²) in [5.41, 5.74) is -3.08. The second kappa shape index (κ2) is 8.63. The Morgan fingerprint density at radius 1 is 0.925 bits per heavy atom. The number of fused-ring (bicyclic) bond motifs is 7. The molecule has 0 spiro atoms. The molecule has 8 atom stereocenters. The van der Waals surface area contributed by atoms with Gasteiger partial charge in [0.2, 0.25) is 0 Å². The fraction of sp³-hybridized carbons (Fsp3) is 0.727. The van der Waals surface area contributed by atoms with E-state index in [1.807, 2.05) is 13.0 Å². The Morgan fingerprint density at radius 3 is 2.15 bits per heavy atom. The van der Waals surface area contributed by atoms with Gasteiger partial charge in [0.05, 0.1) is 25.2 Å². The van der Waals surface area contributed by atoms with Gasteiger partial charge in [-0.2, -0.15) is 5.26 Å². The third-order valence-electron chi connectivity index (χ3n) is 12.8. The molecule has 3 saturated carbocycles. The maximum absolute atomic E-state index is 14.5. The molecule has 40 heavy (non-hydrogen) atoms. The minimum Gasteiger partial charge on any atom is -0.469 e. The summed E-state index contributed by atoms with van der Waals surface area (Å²) in [6.45, 7) is 12.5. The third-order valence-corrected chi connectivity index (χ3v) is 12.8. The zero-order valence-electron chi connectivity index (χ0n) is 25.2. The Labute approximate surface area is 237 Å². The highest BCUT2D eigenvalue weighted by Crippen LogP contribution is 2.74. The smallest absolute Gasteiger partial charge is 0.319 e. The lowest BCUT2D eigenvalue weighted by atomic mass is 9.34. The molecule has 0 saturated heterocycles. The van der Waals surface area contributed by atoms with Crippen LogP contribution in [0.5, 0.6) is 0 Å². The van der Waals surface area contributed by atoms with Crippen LogP contribution in [0.4, 0.5) is 0 Å². The summed E-state index contributed by atoms with van der Waals surface area (Å²) in [4.78, 5) is 54.6. The first-order chi connectivity index (χ1) is 18.5. The van der Waals surface area contributed by atoms with E-state index in [1.165, 1.54) is 14.2 Å². The molecule has 0 aromatic rings. The molecule has 0 aromatic carbocycles. The monoisotopic (exact) mass is 549 g/mol. The number of ether oxygens (including phenoxy) is 2. The van der Waals surface area contributed by atoms with Gasteiger partial charge < -0.3 is 9.47 Å². The number of rotatable bonds is 2. The summed E-state index contributed by atoms with van der Waals surface area (Å²) in [5, 5.41) is 9.96. The van der Waals surface area contributed by atoms with Gasteiger partial charge >= 0.3 is 11.9 Å². The van der Waals surface area contributed by atoms with Crippen molar-refractivity contribution in [3.8, 4) is 6.07 Å². The standard InChI is InChI=1S/C33H43NO6/c1-28(2)11-13-33(27(38)40-8)14-12-31(5)24(20(33)17-28)21(35)15-23-29(3)16-19(18-34)25(36)32(6,26(37)39-7)22(29)9-10-30(23,31)4/h15-16,20,22,24H,9-14,17H2,1-8H3/t20?,22-,24?,29+,30-,31-,32-,33+/m1/s1. The van der Waals surface area contributed by atoms with Crippen LogP contribution in [0.2, 0.25) is 0 Å². The summed E-state index contributed by atoms with van der Waals surface area (Å²) in [5.74, 6) is -2.26. The first-order valence-corrected chi connectivity index (χ1v) is 14.6. The Morgan fingerprint density at radius 2 is 1.55 bits per heavy atom. The first kappa shape index (κ1) is 28.8. The number of hydrogen-bond acceptors (Lipinski definition) is 7. The van der Waals surface area contributed by atoms with E-state index in [0.717, 1.165) is 24.8 Å². The topological polar surface area (TPSA) is 111 Å². The number of allylic oxidation sites excluding steroid dienone is 4. The second-order valence-corrected chi connectivity index (χ2v) is 14.9. The van der Waals surface area contributed by atoms with Gasteiger partial charge in [-0.1, -0.05) is 46.3 Å². The normalized spacial score (nSPS) is 45.3. The SMILES string of the molecule is COC(=O)[C@]12CCC(C)(C)CC1C1C(=O)C=C3[C@@]4(C)C=C(C#N)C(=O)[C@](C)(C(=O)OC)[C@@H]4CC[C@@]3(C)[C@]1(C)CC2. The van der Waals surface area contributed by atoms with Crippen LogP contribution in [0, 0.1) is 61.6 Å². The van der Waals surface area contributed by atoms with E-state index in [0.29, 0.717) is 25.7 Å². The lowest BCUT2D eigenvalue weighted by molar-refractivity contribution is -0.191. The fourth-order valence-corrected chi connectivity index (χ4v) is 10.3. The van der Waals surface area contributed by atoms with Crippen LogP contribution in [0.1, 0.15) is 86.5 Å². The Kier molecular flexibility index (Phi) is 6.21. The number of carbonyl (C=O) groups excluding carboxylic acids is 4. The van der Waals surface area contributed by atoms with E-state index in [2.05, 4.69) is 27.7 Å². The number of Topliss-reactive ketones (excluding diaryl/α,β-unsaturated/α-hetero) is 1. The summed E-state index contributed by atoms with van der Waals surface area (Å²) in [7, 11) is 2.72. The molecule has 0 radical (unpaired) electrons. The highest BCUT2D eigenvalue weighted by atomic mass is 16.5. The van der Waals surface area contributed by atoms with Crippen molar-refractivity contribution in [2.75, 3.05) is 14.2 Å². The molecule has 0 N–H and O–H groups in total. The van der Waals surface area contributed by atoms with E-state index < -0.39 is 44.7 Å². The van der Waals surface area contributed by atoms with Gasteiger partial charge in [-0.15, -0.1) is 0 Å². The van der Waals surface area contributed by atoms with Crippen molar-refractivity contribution >= 4 is 23.5 Å². The van der Waals surface area contributed by atoms with Crippen molar-refractivity contribution in [1.82, 2.24) is 0 Å². The van der Waals surface area contributed by atoms with Crippen molar-refractivity contribution in [2.45, 2.75) is 86.5 Å². The molecule has 3 fully saturated rings. The van der Waals surface area contributed by atoms with Crippen LogP contribution in [0.15, 0.2) is 23.3 Å². The molecular weight excluding hydrogens is 506 g/mol. The third kappa shape index (κ3) is 3.28. The van der Waals surface area contributed by atoms with Crippen molar-refractivity contribution in [1.29, 1.82) is 5.26 Å². The molecule has 7 heteroatoms. The highest BCUT2D eigenvalue weighted by molar-refractivity contribution is 6.15. The molecule has 0 heterocycles. The van der Waals surface area contributed by atoms with E-state index in [9.17, 15) is 24.4 Å². The number of methoxy groups -OCH3 is 2. The van der Waals surface area contributed by atoms with Crippen LogP contribution in [0.3, 0.4) is 0 Å². The Balaban J connectivity index is 1.72. The van der Waals surface area contributed by atoms with Gasteiger partial charge in [-0.3, -0.25) is 19.2 Å². The number of nitriles is 1. The minimum absolute atomic E-state index is 0.00570. The van der Waals surface area contributed by atoms with Crippen LogP contribution < -0.4 is 0 Å². The molecule has 7 nitrogen and oxygen atoms in total. The van der Waals surface area contributed by atoms with Crippen LogP contribution in [-0.4, -0.2) is 37.7 Å². The number of hydrogen-bond donors (Lipinski definition) is 0. The quantitative estimate of drug-likeness (QED) is 0.329. The molecule has 0 amide bonds. The van der Waals surface area contributed by atoms with Crippen molar-refractivity contribution in [2.24, 2.45) is 50.2 Å². The van der Waals surface area contributed by atoms with Gasteiger partial charge in [0, 0.05) is 11.3 Å². The Bertz CT molecular complexity index is 1320. The van der Waals surface area contributed by atoms with E-state index in [-0.39, 0.29) is 34.6 Å². The van der Waals surface area contributed by atoms with Crippen LogP contribution >= 0.6 is 0 Å². The van der Waals surface area contributed by atoms with Gasteiger partial charge in [0.1, 0.15) is 11.5 Å². The number of carbonyl (C=O) groups is 4. The van der Waals surface area contributed by atoms with Gasteiger partial charge in [0.25, 0.3) is 0 Å². The van der Waals surface area contributed by atoms with Crippen molar-refractivity contribution in [3.05, 3.63) is 23.3 Å². The summed E-state index contributed by atoms with van der Waals surface area (Å²) < 4.78 is 10.5. The summed E-state index contributed by atoms with van der Waals surface area (Å²) in [6, 6.07) is 2.04. The lowest BCUT2D eigenvalue weighted by Crippen LogP contribution is -2.66. The average molecular weight is 550 g/mol. The summed E-state index contributed by atoms with van der Waals surface area (Å²) >= 11 is 0. The fourth-order valence-electron chi connectivity index (χ4n) is 10.3. The molecule has 0 bridgehead atoms. The van der Waals surface area contributed by atoms with Gasteiger partial charge in [-0.05, 0) is 86.0 Å². The molecule has 2 unspecified atom stereocenters. The second-order valence-electron chi connectivity index (χ2n) is 14.9. The molecule has 5 rings (SSSR count). The van der Waals surface area contributed by atoms with E-state index in [4.69, 9.17) is 9.47 Å². The number of nitrogens with zero attached hydrogens (tertiary/aromatic N) is 1. The van der Waals surface area contributed by atoms with E-state index in [1.54, 1.807) is 19.1 Å². The number of esters is 2. The maximum Gasteiger partial charge on any atom is 0.319 e. The maximum atomic E-state index is 14.5. The van der Waals surface area contributed by atoms with Gasteiger partial charge in [0.15, 0.2) is 11.6 Å². The zero-order chi connectivity index (χ0) is 29.7. The largest absolute Gasteiger partial charge is 0.469 e. The molecule has 5 aliphatic rings. The van der Waals surface area contributed by atoms with Gasteiger partial charge in [-0.25, -0.2) is 0 Å². The highest BCUT2D eigenvalue weighted by Gasteiger charge is 2.72. The van der Waals surface area contributed by atoms with Crippen molar-refractivity contribution < 1.29 is 28.7 Å². The zero-order valence-corrected chi connectivity index (χ0v) is 25.2. The van der Waals surface area contributed by atoms with Crippen LogP contribution in [0.25, 0.3) is 0 Å². The molecule has 5 aliphatic carbocycles. The minimum atomic E-state index is -1.52. The first-order valence-electron chi connectivity index (χ1n) is 14.6. The Hall–Kier alpha value is -2.75. The molecule has 216 valence electrons. The van der Waals surface area contributed by atoms with Crippen LogP contribution in [-0.2, 0) is 28.7 Å². The van der Waals surface area contributed by atoms with E-state index >= 15 is 0 Å². The number of ketones is 2. The molecule has 0 aromatic heterocycles. The lowest BCUT2D eigenvalue weighted by Gasteiger charge is -2.68. The molecular formula is C33H43NO6. The predicted molar refractivity (Wildman–Crippen MR) is 147 cm³/mol. The van der Waals surface area contributed by atoms with Crippen molar-refractivity contribution in [3.63, 3.8) is 0 Å².